The molecule has 2 aromatic heterocycles. The highest BCUT2D eigenvalue weighted by Gasteiger charge is 2.22. The first-order valence-electron chi connectivity index (χ1n) is 6.57. The van der Waals surface area contributed by atoms with Gasteiger partial charge in [0.25, 0.3) is 5.19 Å². The van der Waals surface area contributed by atoms with Gasteiger partial charge in [0.2, 0.25) is 0 Å². The van der Waals surface area contributed by atoms with E-state index < -0.39 is 0 Å². The van der Waals surface area contributed by atoms with E-state index in [9.17, 15) is 0 Å². The Kier molecular flexibility index (Phi) is 3.16. The van der Waals surface area contributed by atoms with Crippen molar-refractivity contribution in [2.45, 2.75) is 12.5 Å². The van der Waals surface area contributed by atoms with Crippen molar-refractivity contribution in [1.29, 1.82) is 0 Å². The molecule has 4 nitrogen and oxygen atoms in total. The van der Waals surface area contributed by atoms with Crippen LogP contribution in [0, 0.1) is 0 Å². The largest absolute Gasteiger partial charge is 0.488 e. The van der Waals surface area contributed by atoms with Crippen molar-refractivity contribution < 1.29 is 9.47 Å². The molecule has 1 aliphatic heterocycles. The predicted octanol–water partition coefficient (Wildman–Crippen LogP) is 4.03. The predicted molar refractivity (Wildman–Crippen MR) is 82.8 cm³/mol. The van der Waals surface area contributed by atoms with Gasteiger partial charge in [-0.05, 0) is 23.8 Å². The van der Waals surface area contributed by atoms with Crippen molar-refractivity contribution in [3.8, 4) is 16.7 Å². The zero-order chi connectivity index (χ0) is 14.2. The smallest absolute Gasteiger partial charge is 0.281 e. The molecule has 21 heavy (non-hydrogen) atoms. The van der Waals surface area contributed by atoms with E-state index in [4.69, 9.17) is 21.1 Å². The fourth-order valence-corrected chi connectivity index (χ4v) is 3.29. The van der Waals surface area contributed by atoms with Gasteiger partial charge in [-0.3, -0.25) is 0 Å². The normalized spacial score (nSPS) is 16.7. The second kappa shape index (κ2) is 5.16. The lowest BCUT2D eigenvalue weighted by molar-refractivity contribution is 0.257. The minimum absolute atomic E-state index is 0.0589. The minimum atomic E-state index is 0.0589. The number of halogens is 1. The highest BCUT2D eigenvalue weighted by molar-refractivity contribution is 7.20. The highest BCUT2D eigenvalue weighted by atomic mass is 35.5. The Morgan fingerprint density at radius 2 is 2.33 bits per heavy atom. The summed E-state index contributed by atoms with van der Waals surface area (Å²) in [6.45, 7) is 0. The van der Waals surface area contributed by atoms with Gasteiger partial charge in [-0.15, -0.1) is 11.6 Å². The highest BCUT2D eigenvalue weighted by Crippen LogP contribution is 2.36. The summed E-state index contributed by atoms with van der Waals surface area (Å²) in [5.74, 6) is 2.05. The van der Waals surface area contributed by atoms with E-state index >= 15 is 0 Å². The van der Waals surface area contributed by atoms with Crippen LogP contribution in [0.2, 0.25) is 0 Å². The van der Waals surface area contributed by atoms with Gasteiger partial charge in [0.05, 0.1) is 10.6 Å². The van der Waals surface area contributed by atoms with Crippen LogP contribution >= 0.6 is 22.9 Å². The molecule has 0 saturated carbocycles. The van der Waals surface area contributed by atoms with E-state index in [0.29, 0.717) is 22.5 Å². The number of rotatable bonds is 3. The van der Waals surface area contributed by atoms with Gasteiger partial charge in [-0.2, -0.15) is 4.98 Å². The van der Waals surface area contributed by atoms with Crippen LogP contribution < -0.4 is 9.47 Å². The van der Waals surface area contributed by atoms with Crippen LogP contribution in [-0.4, -0.2) is 22.0 Å². The topological polar surface area (TPSA) is 44.2 Å². The molecule has 0 amide bonds. The van der Waals surface area contributed by atoms with Crippen LogP contribution in [0.15, 0.2) is 36.5 Å². The molecular weight excluding hydrogens is 308 g/mol. The number of fused-ring (bicyclic) bond motifs is 2. The molecule has 3 aromatic rings. The first-order chi connectivity index (χ1) is 10.3. The Labute approximate surface area is 130 Å². The fraction of sp³-hybridized carbons (Fsp3) is 0.200. The molecule has 6 heteroatoms. The average Bonchev–Trinajstić information content (AvgIpc) is 3.09. The summed E-state index contributed by atoms with van der Waals surface area (Å²) in [4.78, 5) is 8.56. The van der Waals surface area contributed by atoms with Gasteiger partial charge in [0.1, 0.15) is 17.6 Å². The molecule has 0 aliphatic carbocycles. The molecule has 0 N–H and O–H groups in total. The summed E-state index contributed by atoms with van der Waals surface area (Å²) in [5, 5.41) is 0.579. The number of hydrogen-bond acceptors (Lipinski definition) is 5. The van der Waals surface area contributed by atoms with Crippen molar-refractivity contribution >= 4 is 33.3 Å². The Morgan fingerprint density at radius 1 is 1.38 bits per heavy atom. The first-order valence-corrected chi connectivity index (χ1v) is 7.92. The number of aromatic nitrogens is 2. The molecule has 1 aromatic carbocycles. The van der Waals surface area contributed by atoms with Crippen molar-refractivity contribution in [2.24, 2.45) is 0 Å². The molecule has 4 rings (SSSR count). The van der Waals surface area contributed by atoms with E-state index in [1.807, 2.05) is 30.3 Å². The number of nitrogens with zero attached hydrogens (tertiary/aromatic N) is 2. The van der Waals surface area contributed by atoms with E-state index in [1.54, 1.807) is 6.20 Å². The lowest BCUT2D eigenvalue weighted by Crippen LogP contribution is -2.13. The van der Waals surface area contributed by atoms with Crippen molar-refractivity contribution in [3.63, 3.8) is 0 Å². The molecule has 0 radical (unpaired) electrons. The summed E-state index contributed by atoms with van der Waals surface area (Å²) in [6.07, 6.45) is 2.63. The zero-order valence-electron chi connectivity index (χ0n) is 11.0. The molecular formula is C15H11ClN2O2S. The van der Waals surface area contributed by atoms with Crippen molar-refractivity contribution in [2.75, 3.05) is 5.88 Å². The fourth-order valence-electron chi connectivity index (χ4n) is 2.32. The molecule has 1 unspecified atom stereocenters. The quantitative estimate of drug-likeness (QED) is 0.684. The number of hydrogen-bond donors (Lipinski definition) is 0. The number of benzene rings is 1. The Morgan fingerprint density at radius 3 is 3.19 bits per heavy atom. The van der Waals surface area contributed by atoms with Gasteiger partial charge >= 0.3 is 0 Å². The second-order valence-corrected chi connectivity index (χ2v) is 6.08. The standard InChI is InChI=1S/C15H11ClN2O2S/c16-8-11-6-9-3-4-10(7-12(9)19-11)20-15-18-14-13(21-15)2-1-5-17-14/h1-5,7,11H,6,8H2. The van der Waals surface area contributed by atoms with Gasteiger partial charge < -0.3 is 9.47 Å². The second-order valence-electron chi connectivity index (χ2n) is 4.77. The summed E-state index contributed by atoms with van der Waals surface area (Å²) in [7, 11) is 0. The number of ether oxygens (including phenoxy) is 2. The summed E-state index contributed by atoms with van der Waals surface area (Å²) in [5.41, 5.74) is 1.87. The third-order valence-electron chi connectivity index (χ3n) is 3.30. The monoisotopic (exact) mass is 318 g/mol. The third-order valence-corrected chi connectivity index (χ3v) is 4.53. The molecule has 0 bridgehead atoms. The average molecular weight is 319 g/mol. The van der Waals surface area contributed by atoms with Crippen LogP contribution in [0.5, 0.6) is 16.7 Å². The maximum Gasteiger partial charge on any atom is 0.281 e. The van der Waals surface area contributed by atoms with Crippen LogP contribution in [-0.2, 0) is 6.42 Å². The zero-order valence-corrected chi connectivity index (χ0v) is 12.5. The van der Waals surface area contributed by atoms with Crippen LogP contribution in [0.4, 0.5) is 0 Å². The van der Waals surface area contributed by atoms with Gasteiger partial charge in [0, 0.05) is 18.7 Å². The van der Waals surface area contributed by atoms with Crippen molar-refractivity contribution in [3.05, 3.63) is 42.1 Å². The molecule has 0 spiro atoms. The third kappa shape index (κ3) is 2.43. The molecule has 0 fully saturated rings. The van der Waals surface area contributed by atoms with Crippen LogP contribution in [0.25, 0.3) is 10.3 Å². The molecule has 3 heterocycles. The van der Waals surface area contributed by atoms with Crippen LogP contribution in [0.3, 0.4) is 0 Å². The van der Waals surface area contributed by atoms with Crippen molar-refractivity contribution in [1.82, 2.24) is 9.97 Å². The maximum atomic E-state index is 5.84. The van der Waals surface area contributed by atoms with E-state index in [-0.39, 0.29) is 6.10 Å². The summed E-state index contributed by atoms with van der Waals surface area (Å²) in [6, 6.07) is 9.70. The van der Waals surface area contributed by atoms with E-state index in [2.05, 4.69) is 9.97 Å². The number of thiazole rings is 1. The maximum absolute atomic E-state index is 5.84. The summed E-state index contributed by atoms with van der Waals surface area (Å²) >= 11 is 7.31. The van der Waals surface area contributed by atoms with Gasteiger partial charge in [-0.25, -0.2) is 4.98 Å². The van der Waals surface area contributed by atoms with Gasteiger partial charge in [-0.1, -0.05) is 17.4 Å². The summed E-state index contributed by atoms with van der Waals surface area (Å²) < 4.78 is 12.6. The lowest BCUT2D eigenvalue weighted by atomic mass is 10.1. The number of pyridine rings is 1. The Hall–Kier alpha value is -1.85. The SMILES string of the molecule is ClCC1Cc2ccc(Oc3nc4ncccc4s3)cc2O1. The molecule has 106 valence electrons. The Balaban J connectivity index is 1.60. The molecule has 1 aliphatic rings. The Bertz CT molecular complexity index is 772. The number of alkyl halides is 1. The first kappa shape index (κ1) is 12.9. The molecule has 1 atom stereocenters. The van der Waals surface area contributed by atoms with E-state index in [1.165, 1.54) is 16.9 Å². The van der Waals surface area contributed by atoms with Gasteiger partial charge in [0.15, 0.2) is 5.65 Å². The van der Waals surface area contributed by atoms with Crippen LogP contribution in [0.1, 0.15) is 5.56 Å². The minimum Gasteiger partial charge on any atom is -0.488 e. The van der Waals surface area contributed by atoms with E-state index in [0.717, 1.165) is 16.9 Å². The molecule has 0 saturated heterocycles. The lowest BCUT2D eigenvalue weighted by Gasteiger charge is -2.06.